The third-order valence-electron chi connectivity index (χ3n) is 4.33. The summed E-state index contributed by atoms with van der Waals surface area (Å²) in [6.45, 7) is 4.10. The normalized spacial score (nSPS) is 21.7. The highest BCUT2D eigenvalue weighted by Gasteiger charge is 2.35. The van der Waals surface area contributed by atoms with Gasteiger partial charge in [-0.25, -0.2) is 0 Å². The van der Waals surface area contributed by atoms with Crippen LogP contribution in [0.4, 0.5) is 0 Å². The predicted molar refractivity (Wildman–Crippen MR) is 69.6 cm³/mol. The molecule has 1 rings (SSSR count). The first kappa shape index (κ1) is 15.0. The fourth-order valence-corrected chi connectivity index (χ4v) is 2.45. The number of hydrogen-bond acceptors (Lipinski definition) is 3. The summed E-state index contributed by atoms with van der Waals surface area (Å²) in [5.74, 6) is -0.217. The molecule has 0 aromatic rings. The van der Waals surface area contributed by atoms with E-state index in [-0.39, 0.29) is 17.9 Å². The topological polar surface area (TPSA) is 73.1 Å². The molecule has 0 aromatic heterocycles. The van der Waals surface area contributed by atoms with Gasteiger partial charge < -0.3 is 10.4 Å². The monoisotopic (exact) mass is 252 g/mol. The van der Waals surface area contributed by atoms with Crippen LogP contribution in [0.3, 0.4) is 0 Å². The van der Waals surface area contributed by atoms with Crippen LogP contribution in [0.15, 0.2) is 0 Å². The summed E-state index contributed by atoms with van der Waals surface area (Å²) >= 11 is 0. The Bertz CT molecular complexity index is 329. The van der Waals surface area contributed by atoms with Crippen LogP contribution in [0.5, 0.6) is 0 Å². The van der Waals surface area contributed by atoms with E-state index in [0.29, 0.717) is 13.0 Å². The van der Waals surface area contributed by atoms with Gasteiger partial charge in [0, 0.05) is 12.0 Å². The van der Waals surface area contributed by atoms with E-state index in [9.17, 15) is 9.90 Å². The van der Waals surface area contributed by atoms with E-state index in [1.54, 1.807) is 6.92 Å². The molecule has 1 amide bonds. The molecule has 1 unspecified atom stereocenters. The van der Waals surface area contributed by atoms with Gasteiger partial charge in [0.15, 0.2) is 0 Å². The molecule has 1 aliphatic rings. The Morgan fingerprint density at radius 1 is 1.44 bits per heavy atom. The Kier molecular flexibility index (Phi) is 5.15. The largest absolute Gasteiger partial charge is 0.396 e. The minimum Gasteiger partial charge on any atom is -0.396 e. The molecule has 102 valence electrons. The average molecular weight is 252 g/mol. The lowest BCUT2D eigenvalue weighted by Gasteiger charge is -2.36. The van der Waals surface area contributed by atoms with Crippen LogP contribution in [-0.2, 0) is 4.79 Å². The van der Waals surface area contributed by atoms with Crippen LogP contribution in [0.2, 0.25) is 0 Å². The summed E-state index contributed by atoms with van der Waals surface area (Å²) < 4.78 is 0. The summed E-state index contributed by atoms with van der Waals surface area (Å²) in [5, 5.41) is 21.5. The summed E-state index contributed by atoms with van der Waals surface area (Å²) in [6.07, 6.45) is 5.85. The number of rotatable bonds is 5. The Morgan fingerprint density at radius 2 is 2.06 bits per heavy atom. The summed E-state index contributed by atoms with van der Waals surface area (Å²) in [5.41, 5.74) is -1.12. The molecular formula is C14H24N2O2. The molecule has 4 nitrogen and oxygen atoms in total. The quantitative estimate of drug-likeness (QED) is 0.786. The maximum atomic E-state index is 12.0. The van der Waals surface area contributed by atoms with Crippen LogP contribution in [0, 0.1) is 22.2 Å². The highest BCUT2D eigenvalue weighted by Crippen LogP contribution is 2.35. The molecule has 0 aliphatic heterocycles. The van der Waals surface area contributed by atoms with Gasteiger partial charge in [0.25, 0.3) is 0 Å². The van der Waals surface area contributed by atoms with Crippen molar-refractivity contribution >= 4 is 5.91 Å². The van der Waals surface area contributed by atoms with Gasteiger partial charge in [-0.1, -0.05) is 26.2 Å². The number of hydrogen-bond donors (Lipinski definition) is 2. The Morgan fingerprint density at radius 3 is 2.50 bits per heavy atom. The lowest BCUT2D eigenvalue weighted by molar-refractivity contribution is -0.128. The lowest BCUT2D eigenvalue weighted by atomic mass is 9.74. The fourth-order valence-electron chi connectivity index (χ4n) is 2.45. The number of aliphatic hydroxyl groups excluding tert-OH is 1. The van der Waals surface area contributed by atoms with Crippen molar-refractivity contribution in [3.05, 3.63) is 0 Å². The standard InChI is InChI=1S/C14H24N2O2/c1-3-13(2,9-15)12(18)16-10-14(11-17)7-5-4-6-8-14/h17H,3-8,10-11H2,1-2H3,(H,16,18). The molecule has 0 aromatic carbocycles. The lowest BCUT2D eigenvalue weighted by Crippen LogP contribution is -2.45. The number of nitriles is 1. The fraction of sp³-hybridized carbons (Fsp3) is 0.857. The molecule has 0 radical (unpaired) electrons. The number of nitrogens with one attached hydrogen (secondary N) is 1. The van der Waals surface area contributed by atoms with E-state index in [1.807, 2.05) is 6.92 Å². The van der Waals surface area contributed by atoms with E-state index in [1.165, 1.54) is 6.42 Å². The van der Waals surface area contributed by atoms with Gasteiger partial charge in [-0.2, -0.15) is 5.26 Å². The molecule has 4 heteroatoms. The molecule has 2 N–H and O–H groups in total. The molecule has 1 fully saturated rings. The van der Waals surface area contributed by atoms with Crippen molar-refractivity contribution in [3.63, 3.8) is 0 Å². The SMILES string of the molecule is CCC(C)(C#N)C(=O)NCC1(CO)CCCCC1. The van der Waals surface area contributed by atoms with E-state index in [2.05, 4.69) is 11.4 Å². The second-order valence-electron chi connectivity index (χ2n) is 5.70. The van der Waals surface area contributed by atoms with E-state index >= 15 is 0 Å². The highest BCUT2D eigenvalue weighted by molar-refractivity contribution is 5.84. The minimum atomic E-state index is -0.953. The number of carbonyl (C=O) groups is 1. The first-order valence-corrected chi connectivity index (χ1v) is 6.82. The molecule has 0 heterocycles. The van der Waals surface area contributed by atoms with Gasteiger partial charge in [-0.3, -0.25) is 4.79 Å². The maximum Gasteiger partial charge on any atom is 0.240 e. The molecule has 1 saturated carbocycles. The van der Waals surface area contributed by atoms with E-state index < -0.39 is 5.41 Å². The van der Waals surface area contributed by atoms with Crippen LogP contribution in [0.1, 0.15) is 52.4 Å². The van der Waals surface area contributed by atoms with Crippen molar-refractivity contribution in [1.82, 2.24) is 5.32 Å². The van der Waals surface area contributed by atoms with E-state index in [0.717, 1.165) is 25.7 Å². The van der Waals surface area contributed by atoms with Crippen molar-refractivity contribution < 1.29 is 9.90 Å². The second kappa shape index (κ2) is 6.19. The number of amides is 1. The molecule has 1 atom stereocenters. The highest BCUT2D eigenvalue weighted by atomic mass is 16.3. The van der Waals surface area contributed by atoms with Gasteiger partial charge in [0.2, 0.25) is 5.91 Å². The molecule has 0 bridgehead atoms. The summed E-state index contributed by atoms with van der Waals surface area (Å²) in [7, 11) is 0. The first-order valence-electron chi connectivity index (χ1n) is 6.82. The van der Waals surface area contributed by atoms with Gasteiger partial charge in [0.05, 0.1) is 12.7 Å². The molecule has 0 saturated heterocycles. The predicted octanol–water partition coefficient (Wildman–Crippen LogP) is 1.99. The zero-order valence-electron chi connectivity index (χ0n) is 11.5. The first-order chi connectivity index (χ1) is 8.52. The summed E-state index contributed by atoms with van der Waals surface area (Å²) in [6, 6.07) is 2.07. The second-order valence-corrected chi connectivity index (χ2v) is 5.70. The Labute approximate surface area is 109 Å². The third kappa shape index (κ3) is 3.23. The van der Waals surface area contributed by atoms with Crippen molar-refractivity contribution in [2.24, 2.45) is 10.8 Å². The molecular weight excluding hydrogens is 228 g/mol. The van der Waals surface area contributed by atoms with Gasteiger partial charge >= 0.3 is 0 Å². The van der Waals surface area contributed by atoms with Crippen molar-refractivity contribution in [2.75, 3.05) is 13.2 Å². The van der Waals surface area contributed by atoms with Crippen LogP contribution in [0.25, 0.3) is 0 Å². The van der Waals surface area contributed by atoms with Crippen molar-refractivity contribution in [3.8, 4) is 6.07 Å². The average Bonchev–Trinajstić information content (AvgIpc) is 2.44. The Balaban J connectivity index is 2.58. The molecule has 1 aliphatic carbocycles. The Hall–Kier alpha value is -1.08. The number of carbonyl (C=O) groups excluding carboxylic acids is 1. The maximum absolute atomic E-state index is 12.0. The van der Waals surface area contributed by atoms with Crippen LogP contribution < -0.4 is 5.32 Å². The molecule has 18 heavy (non-hydrogen) atoms. The van der Waals surface area contributed by atoms with Gasteiger partial charge in [0.1, 0.15) is 5.41 Å². The summed E-state index contributed by atoms with van der Waals surface area (Å²) in [4.78, 5) is 12.0. The zero-order chi connectivity index (χ0) is 13.6. The van der Waals surface area contributed by atoms with Crippen molar-refractivity contribution in [2.45, 2.75) is 52.4 Å². The molecule has 0 spiro atoms. The third-order valence-corrected chi connectivity index (χ3v) is 4.33. The van der Waals surface area contributed by atoms with Crippen LogP contribution >= 0.6 is 0 Å². The van der Waals surface area contributed by atoms with Gasteiger partial charge in [-0.15, -0.1) is 0 Å². The number of aliphatic hydroxyl groups is 1. The van der Waals surface area contributed by atoms with E-state index in [4.69, 9.17) is 5.26 Å². The van der Waals surface area contributed by atoms with Gasteiger partial charge in [-0.05, 0) is 26.2 Å². The van der Waals surface area contributed by atoms with Crippen molar-refractivity contribution in [1.29, 1.82) is 5.26 Å². The zero-order valence-corrected chi connectivity index (χ0v) is 11.5. The van der Waals surface area contributed by atoms with Crippen LogP contribution in [-0.4, -0.2) is 24.2 Å². The smallest absolute Gasteiger partial charge is 0.240 e. The minimum absolute atomic E-state index is 0.114. The number of nitrogens with zero attached hydrogens (tertiary/aromatic N) is 1.